The van der Waals surface area contributed by atoms with Crippen LogP contribution < -0.4 is 0 Å². The van der Waals surface area contributed by atoms with Crippen molar-refractivity contribution in [2.75, 3.05) is 39.6 Å². The number of carbonyl (C=O) groups is 1. The van der Waals surface area contributed by atoms with Crippen molar-refractivity contribution in [1.29, 1.82) is 0 Å². The molecule has 0 saturated heterocycles. The number of ketones is 1. The fourth-order valence-corrected chi connectivity index (χ4v) is 2.06. The first-order valence-corrected chi connectivity index (χ1v) is 9.27. The average molecular weight is 331 g/mol. The third kappa shape index (κ3) is 19.5. The molecular formula is C19H38O4. The Bertz CT molecular complexity index is 264. The Morgan fingerprint density at radius 3 is 1.70 bits per heavy atom. The zero-order valence-electron chi connectivity index (χ0n) is 15.8. The Balaban J connectivity index is 3.14. The van der Waals surface area contributed by atoms with Gasteiger partial charge in [0.1, 0.15) is 5.78 Å². The summed E-state index contributed by atoms with van der Waals surface area (Å²) in [5.41, 5.74) is 0. The van der Waals surface area contributed by atoms with Crippen molar-refractivity contribution in [3.63, 3.8) is 0 Å². The molecule has 0 saturated carbocycles. The van der Waals surface area contributed by atoms with E-state index in [0.29, 0.717) is 57.1 Å². The number of ether oxygens (including phenoxy) is 3. The first-order chi connectivity index (χ1) is 11.0. The quantitative estimate of drug-likeness (QED) is 0.374. The Morgan fingerprint density at radius 1 is 0.652 bits per heavy atom. The molecule has 0 amide bonds. The van der Waals surface area contributed by atoms with E-state index in [4.69, 9.17) is 14.2 Å². The Kier molecular flexibility index (Phi) is 16.1. The van der Waals surface area contributed by atoms with Crippen molar-refractivity contribution in [2.24, 2.45) is 11.8 Å². The van der Waals surface area contributed by atoms with Gasteiger partial charge in [0.05, 0.1) is 26.4 Å². The molecule has 0 radical (unpaired) electrons. The van der Waals surface area contributed by atoms with Crippen LogP contribution in [0, 0.1) is 11.8 Å². The SMILES string of the molecule is CC(C)CCCC(=O)CCCOCCOCCOCCC(C)C. The van der Waals surface area contributed by atoms with E-state index in [1.807, 2.05) is 0 Å². The smallest absolute Gasteiger partial charge is 0.132 e. The standard InChI is InChI=1S/C19H38O4/c1-17(2)7-5-8-19(20)9-6-11-21-13-15-23-16-14-22-12-10-18(3)4/h17-18H,5-16H2,1-4H3. The number of hydrogen-bond donors (Lipinski definition) is 0. The molecule has 4 nitrogen and oxygen atoms in total. The lowest BCUT2D eigenvalue weighted by Crippen LogP contribution is -2.11. The molecule has 0 unspecified atom stereocenters. The summed E-state index contributed by atoms with van der Waals surface area (Å²) in [6, 6.07) is 0. The van der Waals surface area contributed by atoms with Crippen LogP contribution in [-0.2, 0) is 19.0 Å². The Labute approximate surface area is 143 Å². The molecule has 0 N–H and O–H groups in total. The van der Waals surface area contributed by atoms with Crippen LogP contribution in [-0.4, -0.2) is 45.4 Å². The summed E-state index contributed by atoms with van der Waals surface area (Å²) >= 11 is 0. The van der Waals surface area contributed by atoms with Gasteiger partial charge in [-0.25, -0.2) is 0 Å². The van der Waals surface area contributed by atoms with Gasteiger partial charge in [-0.05, 0) is 31.1 Å². The predicted octanol–water partition coefficient (Wildman–Crippen LogP) is 4.26. The molecule has 0 bridgehead atoms. The highest BCUT2D eigenvalue weighted by atomic mass is 16.5. The molecule has 0 spiro atoms. The molecule has 23 heavy (non-hydrogen) atoms. The summed E-state index contributed by atoms with van der Waals surface area (Å²) in [6.45, 7) is 12.7. The van der Waals surface area contributed by atoms with Gasteiger partial charge in [-0.1, -0.05) is 34.1 Å². The fraction of sp³-hybridized carbons (Fsp3) is 0.947. The van der Waals surface area contributed by atoms with Gasteiger partial charge >= 0.3 is 0 Å². The second-order valence-corrected chi connectivity index (χ2v) is 6.95. The number of carbonyl (C=O) groups excluding carboxylic acids is 1. The minimum atomic E-state index is 0.365. The molecule has 0 heterocycles. The maximum absolute atomic E-state index is 11.6. The Morgan fingerprint density at radius 2 is 1.13 bits per heavy atom. The summed E-state index contributed by atoms with van der Waals surface area (Å²) in [5, 5.41) is 0. The molecule has 0 atom stereocenters. The summed E-state index contributed by atoms with van der Waals surface area (Å²) in [6.07, 6.45) is 5.43. The topological polar surface area (TPSA) is 44.8 Å². The van der Waals surface area contributed by atoms with Crippen molar-refractivity contribution >= 4 is 5.78 Å². The van der Waals surface area contributed by atoms with E-state index < -0.39 is 0 Å². The van der Waals surface area contributed by atoms with Gasteiger partial charge in [0.2, 0.25) is 0 Å². The zero-order chi connectivity index (χ0) is 17.3. The molecule has 0 aliphatic heterocycles. The third-order valence-electron chi connectivity index (χ3n) is 3.56. The van der Waals surface area contributed by atoms with Crippen LogP contribution in [0.3, 0.4) is 0 Å². The van der Waals surface area contributed by atoms with Crippen molar-refractivity contribution in [3.8, 4) is 0 Å². The molecule has 0 aliphatic rings. The summed E-state index contributed by atoms with van der Waals surface area (Å²) in [7, 11) is 0. The maximum atomic E-state index is 11.6. The van der Waals surface area contributed by atoms with Crippen LogP contribution in [0.1, 0.15) is 66.2 Å². The predicted molar refractivity (Wildman–Crippen MR) is 94.8 cm³/mol. The average Bonchev–Trinajstić information content (AvgIpc) is 2.47. The van der Waals surface area contributed by atoms with E-state index in [1.54, 1.807) is 0 Å². The summed E-state index contributed by atoms with van der Waals surface area (Å²) in [4.78, 5) is 11.6. The van der Waals surface area contributed by atoms with E-state index in [2.05, 4.69) is 27.7 Å². The molecule has 0 aliphatic carbocycles. The minimum Gasteiger partial charge on any atom is -0.379 e. The van der Waals surface area contributed by atoms with Gasteiger partial charge in [-0.3, -0.25) is 4.79 Å². The van der Waals surface area contributed by atoms with Crippen LogP contribution in [0.4, 0.5) is 0 Å². The van der Waals surface area contributed by atoms with Gasteiger partial charge in [-0.2, -0.15) is 0 Å². The molecule has 0 rings (SSSR count). The summed E-state index contributed by atoms with van der Waals surface area (Å²) < 4.78 is 16.4. The van der Waals surface area contributed by atoms with Crippen LogP contribution in [0.5, 0.6) is 0 Å². The summed E-state index contributed by atoms with van der Waals surface area (Å²) in [5.74, 6) is 1.74. The van der Waals surface area contributed by atoms with Gasteiger partial charge in [0.25, 0.3) is 0 Å². The Hall–Kier alpha value is -0.450. The fourth-order valence-electron chi connectivity index (χ4n) is 2.06. The normalized spacial score (nSPS) is 11.6. The monoisotopic (exact) mass is 330 g/mol. The highest BCUT2D eigenvalue weighted by molar-refractivity contribution is 5.78. The van der Waals surface area contributed by atoms with Gasteiger partial charge < -0.3 is 14.2 Å². The number of rotatable bonds is 17. The lowest BCUT2D eigenvalue weighted by atomic mass is 10.0. The molecule has 0 fully saturated rings. The molecule has 138 valence electrons. The second kappa shape index (κ2) is 16.4. The first-order valence-electron chi connectivity index (χ1n) is 9.27. The number of hydrogen-bond acceptors (Lipinski definition) is 4. The molecule has 0 aromatic heterocycles. The molecule has 0 aromatic carbocycles. The van der Waals surface area contributed by atoms with Crippen LogP contribution in [0.25, 0.3) is 0 Å². The van der Waals surface area contributed by atoms with E-state index in [-0.39, 0.29) is 0 Å². The van der Waals surface area contributed by atoms with Gasteiger partial charge in [0, 0.05) is 26.1 Å². The molecular weight excluding hydrogens is 292 g/mol. The lowest BCUT2D eigenvalue weighted by Gasteiger charge is -2.08. The van der Waals surface area contributed by atoms with Crippen LogP contribution >= 0.6 is 0 Å². The van der Waals surface area contributed by atoms with Crippen molar-refractivity contribution in [1.82, 2.24) is 0 Å². The van der Waals surface area contributed by atoms with E-state index in [1.165, 1.54) is 0 Å². The maximum Gasteiger partial charge on any atom is 0.132 e. The first kappa shape index (κ1) is 22.6. The lowest BCUT2D eigenvalue weighted by molar-refractivity contribution is -0.119. The van der Waals surface area contributed by atoms with E-state index in [9.17, 15) is 4.79 Å². The highest BCUT2D eigenvalue weighted by Crippen LogP contribution is 2.08. The van der Waals surface area contributed by atoms with Gasteiger partial charge in [0.15, 0.2) is 0 Å². The van der Waals surface area contributed by atoms with E-state index >= 15 is 0 Å². The van der Waals surface area contributed by atoms with Crippen molar-refractivity contribution in [2.45, 2.75) is 66.2 Å². The third-order valence-corrected chi connectivity index (χ3v) is 3.56. The molecule has 0 aromatic rings. The van der Waals surface area contributed by atoms with Gasteiger partial charge in [-0.15, -0.1) is 0 Å². The largest absolute Gasteiger partial charge is 0.379 e. The van der Waals surface area contributed by atoms with E-state index in [0.717, 1.165) is 38.7 Å². The second-order valence-electron chi connectivity index (χ2n) is 6.95. The zero-order valence-corrected chi connectivity index (χ0v) is 15.8. The van der Waals surface area contributed by atoms with Crippen LogP contribution in [0.2, 0.25) is 0 Å². The highest BCUT2D eigenvalue weighted by Gasteiger charge is 2.03. The van der Waals surface area contributed by atoms with Crippen LogP contribution in [0.15, 0.2) is 0 Å². The molecule has 4 heteroatoms. The van der Waals surface area contributed by atoms with Crippen molar-refractivity contribution < 1.29 is 19.0 Å². The van der Waals surface area contributed by atoms with Crippen molar-refractivity contribution in [3.05, 3.63) is 0 Å². The number of Topliss-reactive ketones (excluding diaryl/α,β-unsaturated/α-hetero) is 1. The minimum absolute atomic E-state index is 0.365.